The van der Waals surface area contributed by atoms with Crippen molar-refractivity contribution in [2.45, 2.75) is 43.5 Å². The number of nitriles is 1. The van der Waals surface area contributed by atoms with E-state index in [9.17, 15) is 13.2 Å². The molecule has 1 aliphatic heterocycles. The third-order valence-electron chi connectivity index (χ3n) is 5.01. The largest absolute Gasteiger partial charge is 0.336 e. The molecule has 1 aliphatic rings. The molecular weight excluding hydrogens is 374 g/mol. The summed E-state index contributed by atoms with van der Waals surface area (Å²) in [4.78, 5) is 14.8. The summed E-state index contributed by atoms with van der Waals surface area (Å²) in [6.45, 7) is 2.83. The molecule has 2 aromatic carbocycles. The molecule has 146 valence electrons. The molecule has 1 saturated heterocycles. The van der Waals surface area contributed by atoms with Gasteiger partial charge in [0.2, 0.25) is 0 Å². The molecule has 0 saturated carbocycles. The van der Waals surface area contributed by atoms with Gasteiger partial charge in [-0.25, -0.2) is 8.42 Å². The highest BCUT2D eigenvalue weighted by molar-refractivity contribution is 7.92. The van der Waals surface area contributed by atoms with E-state index in [-0.39, 0.29) is 16.8 Å². The normalized spacial score (nSPS) is 17.0. The Balaban J connectivity index is 1.77. The van der Waals surface area contributed by atoms with Crippen LogP contribution in [0.15, 0.2) is 53.4 Å². The van der Waals surface area contributed by atoms with E-state index in [1.807, 2.05) is 11.0 Å². The summed E-state index contributed by atoms with van der Waals surface area (Å²) in [5.74, 6) is -0.0508. The molecular formula is C21H23N3O3S. The predicted octanol–water partition coefficient (Wildman–Crippen LogP) is 3.76. The zero-order chi connectivity index (χ0) is 20.1. The summed E-state index contributed by atoms with van der Waals surface area (Å²) in [6.07, 6.45) is 4.07. The minimum absolute atomic E-state index is 0.0508. The highest BCUT2D eigenvalue weighted by Crippen LogP contribution is 2.23. The number of benzene rings is 2. The molecule has 1 atom stereocenters. The fourth-order valence-electron chi connectivity index (χ4n) is 3.50. The van der Waals surface area contributed by atoms with Crippen molar-refractivity contribution in [2.24, 2.45) is 0 Å². The standard InChI is InChI=1S/C21H23N3O3S/c1-2-19-8-3-4-13-24(19)21(25)17-9-11-20(12-10-17)28(26,27)23-18-7-5-6-16(14-18)15-22/h5-7,9-12,14,19,23H,2-4,8,13H2,1H3. The van der Waals surface area contributed by atoms with Crippen LogP contribution in [0.25, 0.3) is 0 Å². The maximum Gasteiger partial charge on any atom is 0.261 e. The number of rotatable bonds is 5. The van der Waals surface area contributed by atoms with Gasteiger partial charge in [0.05, 0.1) is 22.2 Å². The number of nitrogens with one attached hydrogen (secondary N) is 1. The Bertz CT molecular complexity index is 994. The SMILES string of the molecule is CCC1CCCCN1C(=O)c1ccc(S(=O)(=O)Nc2cccc(C#N)c2)cc1. The third-order valence-corrected chi connectivity index (χ3v) is 6.41. The van der Waals surface area contributed by atoms with E-state index in [1.165, 1.54) is 18.2 Å². The van der Waals surface area contributed by atoms with E-state index in [2.05, 4.69) is 11.6 Å². The highest BCUT2D eigenvalue weighted by atomic mass is 32.2. The minimum atomic E-state index is -3.81. The number of hydrogen-bond acceptors (Lipinski definition) is 4. The van der Waals surface area contributed by atoms with Crippen molar-refractivity contribution >= 4 is 21.6 Å². The quantitative estimate of drug-likeness (QED) is 0.832. The number of piperidine rings is 1. The molecule has 7 heteroatoms. The lowest BCUT2D eigenvalue weighted by molar-refractivity contribution is 0.0608. The van der Waals surface area contributed by atoms with E-state index in [4.69, 9.17) is 5.26 Å². The van der Waals surface area contributed by atoms with Crippen molar-refractivity contribution in [3.63, 3.8) is 0 Å². The first kappa shape index (κ1) is 19.9. The van der Waals surface area contributed by atoms with Gasteiger partial charge >= 0.3 is 0 Å². The summed E-state index contributed by atoms with van der Waals surface area (Å²) >= 11 is 0. The summed E-state index contributed by atoms with van der Waals surface area (Å²) in [6, 6.07) is 14.5. The number of sulfonamides is 1. The van der Waals surface area contributed by atoms with Crippen molar-refractivity contribution in [3.05, 3.63) is 59.7 Å². The molecule has 28 heavy (non-hydrogen) atoms. The molecule has 2 aromatic rings. The van der Waals surface area contributed by atoms with Gasteiger partial charge in [0.1, 0.15) is 0 Å². The molecule has 0 radical (unpaired) electrons. The Morgan fingerprint density at radius 3 is 2.64 bits per heavy atom. The fourth-order valence-corrected chi connectivity index (χ4v) is 4.55. The summed E-state index contributed by atoms with van der Waals surface area (Å²) in [7, 11) is -3.81. The van der Waals surface area contributed by atoms with E-state index in [1.54, 1.807) is 30.3 Å². The lowest BCUT2D eigenvalue weighted by atomic mass is 9.99. The Labute approximate surface area is 165 Å². The van der Waals surface area contributed by atoms with Crippen LogP contribution in [0, 0.1) is 11.3 Å². The van der Waals surface area contributed by atoms with Crippen LogP contribution in [0.1, 0.15) is 48.5 Å². The van der Waals surface area contributed by atoms with Crippen LogP contribution in [-0.2, 0) is 10.0 Å². The number of anilines is 1. The molecule has 1 unspecified atom stereocenters. The lowest BCUT2D eigenvalue weighted by Crippen LogP contribution is -2.43. The van der Waals surface area contributed by atoms with Crippen molar-refractivity contribution in [2.75, 3.05) is 11.3 Å². The fraction of sp³-hybridized carbons (Fsp3) is 0.333. The zero-order valence-corrected chi connectivity index (χ0v) is 16.6. The predicted molar refractivity (Wildman–Crippen MR) is 107 cm³/mol. The van der Waals surface area contributed by atoms with Crippen molar-refractivity contribution < 1.29 is 13.2 Å². The first-order valence-electron chi connectivity index (χ1n) is 9.38. The first-order chi connectivity index (χ1) is 13.4. The number of carbonyl (C=O) groups is 1. The smallest absolute Gasteiger partial charge is 0.261 e. The molecule has 1 fully saturated rings. The highest BCUT2D eigenvalue weighted by Gasteiger charge is 2.26. The molecule has 0 spiro atoms. The van der Waals surface area contributed by atoms with Crippen LogP contribution >= 0.6 is 0 Å². The third kappa shape index (κ3) is 4.34. The van der Waals surface area contributed by atoms with Gasteiger partial charge in [0.25, 0.3) is 15.9 Å². The van der Waals surface area contributed by atoms with Gasteiger partial charge in [-0.2, -0.15) is 5.26 Å². The molecule has 1 N–H and O–H groups in total. The Hall–Kier alpha value is -2.85. The van der Waals surface area contributed by atoms with Gasteiger partial charge in [-0.1, -0.05) is 13.0 Å². The van der Waals surface area contributed by atoms with Crippen LogP contribution in [-0.4, -0.2) is 31.8 Å². The van der Waals surface area contributed by atoms with Crippen LogP contribution < -0.4 is 4.72 Å². The molecule has 0 aromatic heterocycles. The molecule has 0 bridgehead atoms. The Morgan fingerprint density at radius 1 is 1.21 bits per heavy atom. The minimum Gasteiger partial charge on any atom is -0.336 e. The monoisotopic (exact) mass is 397 g/mol. The van der Waals surface area contributed by atoms with Gasteiger partial charge in [0, 0.05) is 18.2 Å². The number of amides is 1. The van der Waals surface area contributed by atoms with Gasteiger partial charge in [0.15, 0.2) is 0 Å². The topological polar surface area (TPSA) is 90.3 Å². The number of hydrogen-bond donors (Lipinski definition) is 1. The average molecular weight is 398 g/mol. The van der Waals surface area contributed by atoms with Crippen LogP contribution in [0.5, 0.6) is 0 Å². The van der Waals surface area contributed by atoms with Crippen LogP contribution in [0.3, 0.4) is 0 Å². The van der Waals surface area contributed by atoms with Gasteiger partial charge in [-0.3, -0.25) is 9.52 Å². The summed E-state index contributed by atoms with van der Waals surface area (Å²) in [5.41, 5.74) is 1.18. The number of carbonyl (C=O) groups excluding carboxylic acids is 1. The van der Waals surface area contributed by atoms with E-state index >= 15 is 0 Å². The second kappa shape index (κ2) is 8.44. The molecule has 6 nitrogen and oxygen atoms in total. The van der Waals surface area contributed by atoms with Crippen molar-refractivity contribution in [3.8, 4) is 6.07 Å². The first-order valence-corrected chi connectivity index (χ1v) is 10.9. The average Bonchev–Trinajstić information content (AvgIpc) is 2.73. The van der Waals surface area contributed by atoms with Crippen LogP contribution in [0.2, 0.25) is 0 Å². The second-order valence-corrected chi connectivity index (χ2v) is 8.56. The van der Waals surface area contributed by atoms with E-state index in [0.717, 1.165) is 32.2 Å². The molecule has 0 aliphatic carbocycles. The van der Waals surface area contributed by atoms with Gasteiger partial charge < -0.3 is 4.90 Å². The van der Waals surface area contributed by atoms with Crippen molar-refractivity contribution in [1.29, 1.82) is 5.26 Å². The molecule has 1 heterocycles. The Morgan fingerprint density at radius 2 is 1.96 bits per heavy atom. The Kier molecular flexibility index (Phi) is 6.00. The van der Waals surface area contributed by atoms with Crippen LogP contribution in [0.4, 0.5) is 5.69 Å². The van der Waals surface area contributed by atoms with Gasteiger partial charge in [-0.05, 0) is 68.1 Å². The lowest BCUT2D eigenvalue weighted by Gasteiger charge is -2.35. The second-order valence-electron chi connectivity index (χ2n) is 6.88. The zero-order valence-electron chi connectivity index (χ0n) is 15.8. The number of likely N-dealkylation sites (tertiary alicyclic amines) is 1. The maximum absolute atomic E-state index is 12.8. The summed E-state index contributed by atoms with van der Waals surface area (Å²) < 4.78 is 27.6. The molecule has 3 rings (SSSR count). The van der Waals surface area contributed by atoms with E-state index < -0.39 is 10.0 Å². The molecule has 1 amide bonds. The van der Waals surface area contributed by atoms with E-state index in [0.29, 0.717) is 16.8 Å². The number of nitrogens with zero attached hydrogens (tertiary/aromatic N) is 2. The van der Waals surface area contributed by atoms with Crippen molar-refractivity contribution in [1.82, 2.24) is 4.90 Å². The summed E-state index contributed by atoms with van der Waals surface area (Å²) in [5, 5.41) is 8.94. The maximum atomic E-state index is 12.8. The van der Waals surface area contributed by atoms with Gasteiger partial charge in [-0.15, -0.1) is 0 Å².